The molecular formula is C23H17Cl3F3N3O. The van der Waals surface area contributed by atoms with Crippen molar-refractivity contribution in [3.8, 4) is 0 Å². The first-order valence-corrected chi connectivity index (χ1v) is 11.0. The Hall–Kier alpha value is -2.32. The van der Waals surface area contributed by atoms with Crippen LogP contribution >= 0.6 is 34.8 Å². The zero-order valence-corrected chi connectivity index (χ0v) is 19.2. The molecule has 0 radical (unpaired) electrons. The Morgan fingerprint density at radius 2 is 1.73 bits per heavy atom. The van der Waals surface area contributed by atoms with Crippen LogP contribution < -0.4 is 5.32 Å². The highest BCUT2D eigenvalue weighted by atomic mass is 35.5. The number of alkyl halides is 4. The van der Waals surface area contributed by atoms with Gasteiger partial charge in [-0.3, -0.25) is 10.3 Å². The summed E-state index contributed by atoms with van der Waals surface area (Å²) in [5.41, 5.74) is -1.15. The highest BCUT2D eigenvalue weighted by Gasteiger charge is 2.62. The molecule has 2 heterocycles. The molecule has 4 rings (SSSR count). The lowest BCUT2D eigenvalue weighted by Crippen LogP contribution is -2.42. The molecular weight excluding hydrogens is 498 g/mol. The minimum Gasteiger partial charge on any atom is -0.374 e. The molecule has 172 valence electrons. The number of aromatic nitrogens is 1. The molecule has 0 bridgehead atoms. The van der Waals surface area contributed by atoms with Gasteiger partial charge in [0.25, 0.3) is 5.60 Å². The number of hydrogen-bond acceptors (Lipinski definition) is 4. The molecule has 1 N–H and O–H groups in total. The highest BCUT2D eigenvalue weighted by Crippen LogP contribution is 2.49. The maximum Gasteiger partial charge on any atom is 0.435 e. The van der Waals surface area contributed by atoms with Crippen LogP contribution in [0.1, 0.15) is 34.3 Å². The van der Waals surface area contributed by atoms with E-state index in [0.717, 1.165) is 11.3 Å². The maximum absolute atomic E-state index is 14.1. The summed E-state index contributed by atoms with van der Waals surface area (Å²) in [6.07, 6.45) is -3.57. The van der Waals surface area contributed by atoms with Crippen LogP contribution in [0.4, 0.5) is 13.2 Å². The van der Waals surface area contributed by atoms with Gasteiger partial charge in [0.15, 0.2) is 0 Å². The number of rotatable bonds is 6. The molecule has 2 unspecified atom stereocenters. The summed E-state index contributed by atoms with van der Waals surface area (Å²) in [5.74, 6) is 0. The van der Waals surface area contributed by atoms with E-state index in [-0.39, 0.29) is 21.3 Å². The standard InChI is InChI=1S/C23H17Cl3F3N3O/c24-17-9-16(10-18(25)11-17)22(23(27,28)29)12-20(32-33-22)14-4-6-15(7-5-14)21(26)31-13-19-3-1-2-8-30-19/h1-11,21,31H,12-13H2. The fraction of sp³-hybridized carbons (Fsp3) is 0.217. The summed E-state index contributed by atoms with van der Waals surface area (Å²) in [6, 6.07) is 16.1. The first-order chi connectivity index (χ1) is 15.7. The third-order valence-corrected chi connectivity index (χ3v) is 6.08. The first kappa shape index (κ1) is 23.8. The van der Waals surface area contributed by atoms with Crippen LogP contribution in [-0.2, 0) is 17.0 Å². The molecule has 1 aliphatic rings. The topological polar surface area (TPSA) is 46.5 Å². The molecule has 33 heavy (non-hydrogen) atoms. The molecule has 4 nitrogen and oxygen atoms in total. The van der Waals surface area contributed by atoms with E-state index >= 15 is 0 Å². The lowest BCUT2D eigenvalue weighted by atomic mass is 9.86. The summed E-state index contributed by atoms with van der Waals surface area (Å²) in [4.78, 5) is 9.25. The molecule has 0 spiro atoms. The van der Waals surface area contributed by atoms with E-state index in [2.05, 4.69) is 15.5 Å². The summed E-state index contributed by atoms with van der Waals surface area (Å²) < 4.78 is 42.4. The number of oxime groups is 1. The van der Waals surface area contributed by atoms with Crippen LogP contribution in [0.25, 0.3) is 0 Å². The Labute approximate surface area is 203 Å². The minimum atomic E-state index is -4.75. The van der Waals surface area contributed by atoms with Crippen molar-refractivity contribution in [1.82, 2.24) is 10.3 Å². The Kier molecular flexibility index (Phi) is 6.86. The van der Waals surface area contributed by atoms with Crippen molar-refractivity contribution in [2.24, 2.45) is 5.16 Å². The number of pyridine rings is 1. The van der Waals surface area contributed by atoms with Gasteiger partial charge in [-0.2, -0.15) is 13.2 Å². The van der Waals surface area contributed by atoms with Crippen LogP contribution in [0.15, 0.2) is 72.0 Å². The van der Waals surface area contributed by atoms with Crippen molar-refractivity contribution in [1.29, 1.82) is 0 Å². The lowest BCUT2D eigenvalue weighted by Gasteiger charge is -2.29. The van der Waals surface area contributed by atoms with E-state index in [4.69, 9.17) is 39.6 Å². The number of nitrogens with zero attached hydrogens (tertiary/aromatic N) is 2. The average molecular weight is 515 g/mol. The zero-order valence-electron chi connectivity index (χ0n) is 16.9. The Bertz CT molecular complexity index is 1140. The second kappa shape index (κ2) is 9.50. The summed E-state index contributed by atoms with van der Waals surface area (Å²) in [5, 5.41) is 7.06. The van der Waals surface area contributed by atoms with E-state index < -0.39 is 23.7 Å². The summed E-state index contributed by atoms with van der Waals surface area (Å²) in [7, 11) is 0. The number of halogens is 6. The van der Waals surface area contributed by atoms with Gasteiger partial charge >= 0.3 is 6.18 Å². The largest absolute Gasteiger partial charge is 0.435 e. The predicted molar refractivity (Wildman–Crippen MR) is 123 cm³/mol. The molecule has 2 aromatic carbocycles. The zero-order chi connectivity index (χ0) is 23.6. The van der Waals surface area contributed by atoms with Crippen LogP contribution in [0, 0.1) is 0 Å². The van der Waals surface area contributed by atoms with Crippen LogP contribution in [0.2, 0.25) is 10.0 Å². The van der Waals surface area contributed by atoms with Crippen LogP contribution in [0.3, 0.4) is 0 Å². The Morgan fingerprint density at radius 1 is 1.03 bits per heavy atom. The fourth-order valence-electron chi connectivity index (χ4n) is 3.50. The second-order valence-electron chi connectivity index (χ2n) is 7.48. The van der Waals surface area contributed by atoms with Crippen LogP contribution in [-0.4, -0.2) is 16.9 Å². The quantitative estimate of drug-likeness (QED) is 0.285. The summed E-state index contributed by atoms with van der Waals surface area (Å²) >= 11 is 18.3. The molecule has 1 aromatic heterocycles. The normalized spacial score (nSPS) is 19.2. The van der Waals surface area contributed by atoms with E-state index in [0.29, 0.717) is 12.1 Å². The fourth-order valence-corrected chi connectivity index (χ4v) is 4.25. The van der Waals surface area contributed by atoms with Crippen molar-refractivity contribution in [3.05, 3.63) is 99.3 Å². The van der Waals surface area contributed by atoms with Gasteiger partial charge in [-0.25, -0.2) is 0 Å². The monoisotopic (exact) mass is 513 g/mol. The average Bonchev–Trinajstić information content (AvgIpc) is 3.25. The molecule has 2 atom stereocenters. The van der Waals surface area contributed by atoms with E-state index in [9.17, 15) is 13.2 Å². The predicted octanol–water partition coefficient (Wildman–Crippen LogP) is 7.00. The van der Waals surface area contributed by atoms with Gasteiger partial charge in [-0.15, -0.1) is 11.6 Å². The third kappa shape index (κ3) is 5.11. The Morgan fingerprint density at radius 3 is 2.33 bits per heavy atom. The van der Waals surface area contributed by atoms with Crippen molar-refractivity contribution < 1.29 is 18.0 Å². The smallest absolute Gasteiger partial charge is 0.374 e. The van der Waals surface area contributed by atoms with Crippen molar-refractivity contribution >= 4 is 40.5 Å². The van der Waals surface area contributed by atoms with Crippen LogP contribution in [0.5, 0.6) is 0 Å². The van der Waals surface area contributed by atoms with Crippen molar-refractivity contribution in [2.75, 3.05) is 0 Å². The molecule has 3 aromatic rings. The molecule has 0 aliphatic carbocycles. The SMILES string of the molecule is FC(F)(F)C1(c2cc(Cl)cc(Cl)c2)CC(c2ccc(C(Cl)NCc3ccccn3)cc2)=NO1. The van der Waals surface area contributed by atoms with E-state index in [1.165, 1.54) is 18.2 Å². The van der Waals surface area contributed by atoms with Gasteiger partial charge in [-0.1, -0.05) is 58.7 Å². The van der Waals surface area contributed by atoms with Gasteiger partial charge in [0.2, 0.25) is 0 Å². The number of hydrogen-bond donors (Lipinski definition) is 1. The number of nitrogens with one attached hydrogen (secondary N) is 1. The summed E-state index contributed by atoms with van der Waals surface area (Å²) in [6.45, 7) is 0.466. The molecule has 0 saturated carbocycles. The van der Waals surface area contributed by atoms with Gasteiger partial charge in [0, 0.05) is 34.8 Å². The lowest BCUT2D eigenvalue weighted by molar-refractivity contribution is -0.275. The van der Waals surface area contributed by atoms with Gasteiger partial charge in [-0.05, 0) is 41.5 Å². The Balaban J connectivity index is 1.50. The minimum absolute atomic E-state index is 0.0777. The van der Waals surface area contributed by atoms with Crippen molar-refractivity contribution in [2.45, 2.75) is 30.2 Å². The molecule has 10 heteroatoms. The van der Waals surface area contributed by atoms with E-state index in [1.807, 2.05) is 18.2 Å². The van der Waals surface area contributed by atoms with Crippen molar-refractivity contribution in [3.63, 3.8) is 0 Å². The maximum atomic E-state index is 14.1. The number of benzene rings is 2. The molecule has 0 fully saturated rings. The van der Waals surface area contributed by atoms with Gasteiger partial charge in [0.05, 0.1) is 11.4 Å². The second-order valence-corrected chi connectivity index (χ2v) is 8.78. The first-order valence-electron chi connectivity index (χ1n) is 9.84. The highest BCUT2D eigenvalue weighted by molar-refractivity contribution is 6.34. The van der Waals surface area contributed by atoms with E-state index in [1.54, 1.807) is 30.5 Å². The van der Waals surface area contributed by atoms with Gasteiger partial charge in [0.1, 0.15) is 5.50 Å². The molecule has 1 aliphatic heterocycles. The molecule has 0 saturated heterocycles. The van der Waals surface area contributed by atoms with Gasteiger partial charge < -0.3 is 4.84 Å². The molecule has 0 amide bonds. The third-order valence-electron chi connectivity index (χ3n) is 5.24.